The Kier molecular flexibility index (Phi) is 3.06. The smallest absolute Gasteiger partial charge is 0.219 e. The lowest BCUT2D eigenvalue weighted by Gasteiger charge is -2.06. The number of nitrogens with zero attached hydrogens (tertiary/aromatic N) is 1. The van der Waals surface area contributed by atoms with Crippen LogP contribution in [-0.4, -0.2) is 4.98 Å². The van der Waals surface area contributed by atoms with Crippen LogP contribution < -0.4 is 4.74 Å². The molecule has 1 aromatic heterocycles. The van der Waals surface area contributed by atoms with Crippen molar-refractivity contribution in [3.05, 3.63) is 52.9 Å². The van der Waals surface area contributed by atoms with E-state index in [1.54, 1.807) is 24.3 Å². The largest absolute Gasteiger partial charge is 0.436 e. The molecule has 1 heterocycles. The molecule has 0 N–H and O–H groups in total. The van der Waals surface area contributed by atoms with Crippen molar-refractivity contribution in [1.82, 2.24) is 4.98 Å². The molecule has 0 bridgehead atoms. The lowest BCUT2D eigenvalue weighted by Crippen LogP contribution is -1.91. The summed E-state index contributed by atoms with van der Waals surface area (Å²) in [6.07, 6.45) is 1.45. The molecule has 4 heteroatoms. The molecule has 0 radical (unpaired) electrons. The van der Waals surface area contributed by atoms with E-state index >= 15 is 0 Å². The highest BCUT2D eigenvalue weighted by Gasteiger charge is 2.05. The van der Waals surface area contributed by atoms with Crippen molar-refractivity contribution in [3.8, 4) is 11.6 Å². The summed E-state index contributed by atoms with van der Waals surface area (Å²) in [5.41, 5.74) is 0.922. The van der Waals surface area contributed by atoms with Gasteiger partial charge in [-0.3, -0.25) is 0 Å². The van der Waals surface area contributed by atoms with Crippen molar-refractivity contribution in [2.75, 3.05) is 0 Å². The van der Waals surface area contributed by atoms with Crippen molar-refractivity contribution in [2.24, 2.45) is 0 Å². The van der Waals surface area contributed by atoms with Crippen molar-refractivity contribution >= 4 is 11.6 Å². The number of rotatable bonds is 2. The number of ether oxygens (including phenoxy) is 1. The van der Waals surface area contributed by atoms with Crippen LogP contribution in [0.5, 0.6) is 11.6 Å². The Bertz CT molecular complexity index is 499. The number of aromatic nitrogens is 1. The minimum atomic E-state index is -0.414. The van der Waals surface area contributed by atoms with E-state index in [0.717, 1.165) is 5.56 Å². The average Bonchev–Trinajstić information content (AvgIpc) is 2.27. The fourth-order valence-electron chi connectivity index (χ4n) is 1.22. The summed E-state index contributed by atoms with van der Waals surface area (Å²) in [7, 11) is 0. The molecule has 1 aromatic carbocycles. The standard InChI is InChI=1S/C12H9ClFNO/c1-8-2-4-10(14)11(6-8)16-12-5-3-9(13)7-15-12/h2-7H,1H3. The van der Waals surface area contributed by atoms with Gasteiger partial charge in [-0.2, -0.15) is 0 Å². The van der Waals surface area contributed by atoms with E-state index < -0.39 is 5.82 Å². The topological polar surface area (TPSA) is 22.1 Å². The molecule has 0 unspecified atom stereocenters. The highest BCUT2D eigenvalue weighted by Crippen LogP contribution is 2.24. The van der Waals surface area contributed by atoms with E-state index in [1.165, 1.54) is 12.3 Å². The second kappa shape index (κ2) is 4.49. The second-order valence-electron chi connectivity index (χ2n) is 3.35. The van der Waals surface area contributed by atoms with E-state index in [9.17, 15) is 4.39 Å². The number of aryl methyl sites for hydroxylation is 1. The number of hydrogen-bond donors (Lipinski definition) is 0. The van der Waals surface area contributed by atoms with Crippen LogP contribution in [0, 0.1) is 12.7 Å². The van der Waals surface area contributed by atoms with Crippen LogP contribution in [-0.2, 0) is 0 Å². The maximum absolute atomic E-state index is 13.4. The quantitative estimate of drug-likeness (QED) is 0.788. The Hall–Kier alpha value is -1.61. The monoisotopic (exact) mass is 237 g/mol. The Balaban J connectivity index is 2.26. The molecule has 0 aliphatic heterocycles. The molecule has 16 heavy (non-hydrogen) atoms. The Labute approximate surface area is 97.7 Å². The minimum absolute atomic E-state index is 0.162. The first-order chi connectivity index (χ1) is 7.65. The van der Waals surface area contributed by atoms with Gasteiger partial charge in [0.15, 0.2) is 11.6 Å². The molecule has 0 saturated heterocycles. The fraction of sp³-hybridized carbons (Fsp3) is 0.0833. The van der Waals surface area contributed by atoms with Crippen molar-refractivity contribution in [1.29, 1.82) is 0 Å². The van der Waals surface area contributed by atoms with Gasteiger partial charge in [-0.25, -0.2) is 9.37 Å². The van der Waals surface area contributed by atoms with Gasteiger partial charge in [0.25, 0.3) is 0 Å². The normalized spacial score (nSPS) is 10.2. The van der Waals surface area contributed by atoms with Crippen molar-refractivity contribution < 1.29 is 9.13 Å². The Morgan fingerprint density at radius 2 is 2.06 bits per heavy atom. The third kappa shape index (κ3) is 2.49. The molecular formula is C12H9ClFNO. The van der Waals surface area contributed by atoms with Gasteiger partial charge >= 0.3 is 0 Å². The molecule has 0 atom stereocenters. The van der Waals surface area contributed by atoms with Gasteiger partial charge in [0.2, 0.25) is 5.88 Å². The first-order valence-corrected chi connectivity index (χ1v) is 5.08. The van der Waals surface area contributed by atoms with Crippen LogP contribution in [0.25, 0.3) is 0 Å². The zero-order valence-corrected chi connectivity index (χ0v) is 9.33. The van der Waals surface area contributed by atoms with E-state index in [4.69, 9.17) is 16.3 Å². The molecule has 0 fully saturated rings. The molecule has 0 aliphatic rings. The number of hydrogen-bond acceptors (Lipinski definition) is 2. The molecule has 0 aliphatic carbocycles. The maximum atomic E-state index is 13.4. The van der Waals surface area contributed by atoms with E-state index in [-0.39, 0.29) is 5.75 Å². The van der Waals surface area contributed by atoms with Crippen molar-refractivity contribution in [2.45, 2.75) is 6.92 Å². The summed E-state index contributed by atoms with van der Waals surface area (Å²) in [6.45, 7) is 1.86. The van der Waals surface area contributed by atoms with Gasteiger partial charge < -0.3 is 4.74 Å². The third-order valence-corrected chi connectivity index (χ3v) is 2.23. The lowest BCUT2D eigenvalue weighted by molar-refractivity contribution is 0.427. The molecular weight excluding hydrogens is 229 g/mol. The van der Waals surface area contributed by atoms with Crippen LogP contribution in [0.4, 0.5) is 4.39 Å². The van der Waals surface area contributed by atoms with Crippen LogP contribution in [0.15, 0.2) is 36.5 Å². The van der Waals surface area contributed by atoms with E-state index in [0.29, 0.717) is 10.9 Å². The Morgan fingerprint density at radius 1 is 1.25 bits per heavy atom. The van der Waals surface area contributed by atoms with Crippen LogP contribution in [0.2, 0.25) is 5.02 Å². The zero-order valence-electron chi connectivity index (χ0n) is 8.58. The highest BCUT2D eigenvalue weighted by atomic mass is 35.5. The van der Waals surface area contributed by atoms with Crippen LogP contribution in [0.1, 0.15) is 5.56 Å². The summed E-state index contributed by atoms with van der Waals surface area (Å²) in [4.78, 5) is 3.92. The first-order valence-electron chi connectivity index (χ1n) is 4.71. The van der Waals surface area contributed by atoms with Crippen LogP contribution in [0.3, 0.4) is 0 Å². The summed E-state index contributed by atoms with van der Waals surface area (Å²) < 4.78 is 18.7. The number of halogens is 2. The van der Waals surface area contributed by atoms with Gasteiger partial charge in [-0.15, -0.1) is 0 Å². The number of benzene rings is 1. The van der Waals surface area contributed by atoms with Gasteiger partial charge in [0, 0.05) is 12.3 Å². The summed E-state index contributed by atoms with van der Waals surface area (Å²) >= 11 is 5.68. The SMILES string of the molecule is Cc1ccc(F)c(Oc2ccc(Cl)cn2)c1. The van der Waals surface area contributed by atoms with E-state index in [2.05, 4.69) is 4.98 Å². The number of pyridine rings is 1. The molecule has 0 spiro atoms. The second-order valence-corrected chi connectivity index (χ2v) is 3.79. The zero-order chi connectivity index (χ0) is 11.5. The van der Waals surface area contributed by atoms with Crippen LogP contribution >= 0.6 is 11.6 Å². The van der Waals surface area contributed by atoms with Gasteiger partial charge in [-0.05, 0) is 30.7 Å². The molecule has 2 aromatic rings. The molecule has 2 nitrogen and oxygen atoms in total. The van der Waals surface area contributed by atoms with Gasteiger partial charge in [-0.1, -0.05) is 17.7 Å². The predicted molar refractivity (Wildman–Crippen MR) is 60.5 cm³/mol. The Morgan fingerprint density at radius 3 is 2.75 bits per heavy atom. The first kappa shape index (κ1) is 10.9. The van der Waals surface area contributed by atoms with Gasteiger partial charge in [0.05, 0.1) is 5.02 Å². The maximum Gasteiger partial charge on any atom is 0.219 e. The lowest BCUT2D eigenvalue weighted by atomic mass is 10.2. The van der Waals surface area contributed by atoms with Crippen molar-refractivity contribution in [3.63, 3.8) is 0 Å². The fourth-order valence-corrected chi connectivity index (χ4v) is 1.34. The molecule has 2 rings (SSSR count). The summed E-state index contributed by atoms with van der Waals surface area (Å²) in [5.74, 6) is 0.0612. The molecule has 0 amide bonds. The predicted octanol–water partition coefficient (Wildman–Crippen LogP) is 3.97. The third-order valence-electron chi connectivity index (χ3n) is 2.00. The summed E-state index contributed by atoms with van der Waals surface area (Å²) in [6, 6.07) is 7.88. The average molecular weight is 238 g/mol. The van der Waals surface area contributed by atoms with Gasteiger partial charge in [0.1, 0.15) is 0 Å². The summed E-state index contributed by atoms with van der Waals surface area (Å²) in [5, 5.41) is 0.511. The van der Waals surface area contributed by atoms with E-state index in [1.807, 2.05) is 6.92 Å². The molecule has 82 valence electrons. The highest BCUT2D eigenvalue weighted by molar-refractivity contribution is 6.30. The molecule has 0 saturated carbocycles. The minimum Gasteiger partial charge on any atom is -0.436 e.